The average Bonchev–Trinajstić information content (AvgIpc) is 3.68. The molecule has 312 valence electrons. The first-order chi connectivity index (χ1) is 26.6. The summed E-state index contributed by atoms with van der Waals surface area (Å²) in [5.41, 5.74) is 1.23. The molecule has 4 aliphatic rings. The van der Waals surface area contributed by atoms with E-state index >= 15 is 0 Å². The number of rotatable bonds is 24. The summed E-state index contributed by atoms with van der Waals surface area (Å²) in [7, 11) is 3.95. The molecule has 0 aromatic rings. The van der Waals surface area contributed by atoms with E-state index in [2.05, 4.69) is 42.7 Å². The molecular formula is C41H66N2O10S2. The molecule has 0 radical (unpaired) electrons. The van der Waals surface area contributed by atoms with Crippen molar-refractivity contribution < 1.29 is 47.6 Å². The van der Waals surface area contributed by atoms with Crippen LogP contribution in [0.4, 0.5) is 4.79 Å². The Morgan fingerprint density at radius 3 is 2.36 bits per heavy atom. The predicted molar refractivity (Wildman–Crippen MR) is 215 cm³/mol. The number of unbranched alkanes of at least 4 members (excludes halogenated alkanes) is 1. The number of carbonyl (C=O) groups is 4. The fourth-order valence-electron chi connectivity index (χ4n) is 7.68. The van der Waals surface area contributed by atoms with E-state index in [1.807, 2.05) is 35.4 Å². The van der Waals surface area contributed by atoms with Gasteiger partial charge in [-0.3, -0.25) is 14.4 Å². The summed E-state index contributed by atoms with van der Waals surface area (Å²) in [4.78, 5) is 49.8. The maximum absolute atomic E-state index is 12.8. The summed E-state index contributed by atoms with van der Waals surface area (Å²) in [5, 5.41) is 6.36. The maximum atomic E-state index is 12.8. The highest BCUT2D eigenvalue weighted by atomic mass is 33.1. The number of hydrogen-bond donors (Lipinski definition) is 2. The Morgan fingerprint density at radius 2 is 1.65 bits per heavy atom. The lowest BCUT2D eigenvalue weighted by atomic mass is 9.65. The summed E-state index contributed by atoms with van der Waals surface area (Å²) in [6.45, 7) is 11.4. The molecule has 0 saturated carbocycles. The Balaban J connectivity index is 1.02. The minimum Gasteiger partial charge on any atom is -0.462 e. The van der Waals surface area contributed by atoms with Crippen LogP contribution in [0.1, 0.15) is 98.3 Å². The second-order valence-electron chi connectivity index (χ2n) is 15.4. The molecule has 0 aromatic carbocycles. The number of alkyl carbamates (subject to hydrolysis) is 1. The van der Waals surface area contributed by atoms with Gasteiger partial charge in [-0.25, -0.2) is 4.79 Å². The monoisotopic (exact) mass is 810 g/mol. The van der Waals surface area contributed by atoms with Crippen molar-refractivity contribution >= 4 is 45.5 Å². The van der Waals surface area contributed by atoms with Crippen LogP contribution in [0.2, 0.25) is 0 Å². The molecule has 0 bridgehead atoms. The van der Waals surface area contributed by atoms with Crippen molar-refractivity contribution in [3.63, 3.8) is 0 Å². The molecule has 0 aromatic heterocycles. The third-order valence-corrected chi connectivity index (χ3v) is 13.9. The first kappa shape index (κ1) is 45.4. The lowest BCUT2D eigenvalue weighted by Crippen LogP contribution is -2.42. The minimum atomic E-state index is -0.590. The molecular weight excluding hydrogens is 745 g/mol. The Kier molecular flexibility index (Phi) is 20.8. The molecule has 9 unspecified atom stereocenters. The topological polar surface area (TPSA) is 148 Å². The highest BCUT2D eigenvalue weighted by molar-refractivity contribution is 8.77. The number of hydrogen-bond acceptors (Lipinski definition) is 12. The van der Waals surface area contributed by atoms with E-state index in [4.69, 9.17) is 28.4 Å². The van der Waals surface area contributed by atoms with Crippen molar-refractivity contribution in [2.75, 3.05) is 58.5 Å². The largest absolute Gasteiger partial charge is 0.462 e. The van der Waals surface area contributed by atoms with Gasteiger partial charge in [0.15, 0.2) is 0 Å². The Hall–Kier alpha value is -2.26. The lowest BCUT2D eigenvalue weighted by molar-refractivity contribution is -0.162. The number of esters is 2. The predicted octanol–water partition coefficient (Wildman–Crippen LogP) is 6.81. The number of carbonyl (C=O) groups excluding carboxylic acids is 4. The molecule has 2 aliphatic carbocycles. The summed E-state index contributed by atoms with van der Waals surface area (Å²) >= 11 is 0. The molecule has 2 saturated heterocycles. The molecule has 14 heteroatoms. The number of cyclic esters (lactones) is 1. The van der Waals surface area contributed by atoms with Gasteiger partial charge in [0.05, 0.1) is 52.0 Å². The SMILES string of the molecule is CCC(C)C(=O)OC1CC(C)C=C2C=CC(C)C(CCC3CC(OC(=O)NCCOCCOCCOCCNC(=O)CCCCC4CCSS4)CC(=O)O3)C21. The van der Waals surface area contributed by atoms with E-state index in [9.17, 15) is 19.2 Å². The normalized spacial score (nSPS) is 28.1. The van der Waals surface area contributed by atoms with Gasteiger partial charge < -0.3 is 39.1 Å². The van der Waals surface area contributed by atoms with E-state index < -0.39 is 12.2 Å². The van der Waals surface area contributed by atoms with Gasteiger partial charge in [0.25, 0.3) is 0 Å². The third kappa shape index (κ3) is 16.6. The standard InChI is InChI=1S/C41H66N2O10S2/c1-5-29(3)40(46)53-36-25-28(2)24-31-11-10-30(4)35(39(31)36)13-12-32-26-33(27-38(45)51-32)52-41(47)43-16-18-49-20-22-50-21-19-48-17-15-42-37(44)9-7-6-8-34-14-23-54-55-34/h10-11,24,28-30,32-36,39H,5-9,12-23,25-27H2,1-4H3,(H,42,44)(H,43,47). The summed E-state index contributed by atoms with van der Waals surface area (Å²) in [6.07, 6.45) is 13.6. The van der Waals surface area contributed by atoms with E-state index in [0.29, 0.717) is 71.4 Å². The second kappa shape index (κ2) is 25.2. The van der Waals surface area contributed by atoms with Crippen LogP contribution in [0.25, 0.3) is 0 Å². The van der Waals surface area contributed by atoms with E-state index in [1.165, 1.54) is 24.2 Å². The fourth-order valence-corrected chi connectivity index (χ4v) is 10.7. The fraction of sp³-hybridized carbons (Fsp3) is 0.805. The first-order valence-electron chi connectivity index (χ1n) is 20.6. The highest BCUT2D eigenvalue weighted by Crippen LogP contribution is 2.45. The van der Waals surface area contributed by atoms with Crippen molar-refractivity contribution in [2.24, 2.45) is 29.6 Å². The van der Waals surface area contributed by atoms with Crippen LogP contribution in [0.5, 0.6) is 0 Å². The molecule has 55 heavy (non-hydrogen) atoms. The highest BCUT2D eigenvalue weighted by Gasteiger charge is 2.42. The number of allylic oxidation sites excluding steroid dienone is 3. The third-order valence-electron chi connectivity index (χ3n) is 10.9. The van der Waals surface area contributed by atoms with Crippen LogP contribution < -0.4 is 10.6 Å². The van der Waals surface area contributed by atoms with Crippen molar-refractivity contribution in [1.82, 2.24) is 10.6 Å². The molecule has 9 atom stereocenters. The van der Waals surface area contributed by atoms with Crippen LogP contribution >= 0.6 is 21.6 Å². The maximum Gasteiger partial charge on any atom is 0.407 e. The van der Waals surface area contributed by atoms with Gasteiger partial charge in [-0.05, 0) is 68.3 Å². The molecule has 2 fully saturated rings. The average molecular weight is 811 g/mol. The number of nitrogens with one attached hydrogen (secondary N) is 2. The lowest BCUT2D eigenvalue weighted by Gasteiger charge is -2.43. The molecule has 2 N–H and O–H groups in total. The molecule has 12 nitrogen and oxygen atoms in total. The molecule has 0 spiro atoms. The zero-order valence-corrected chi connectivity index (χ0v) is 35.1. The van der Waals surface area contributed by atoms with Gasteiger partial charge in [0, 0.05) is 42.9 Å². The molecule has 4 rings (SSSR count). The Bertz CT molecular complexity index is 1260. The van der Waals surface area contributed by atoms with Gasteiger partial charge >= 0.3 is 18.0 Å². The van der Waals surface area contributed by atoms with Crippen LogP contribution in [-0.2, 0) is 42.8 Å². The number of amides is 2. The Labute approximate surface area is 336 Å². The summed E-state index contributed by atoms with van der Waals surface area (Å²) < 4.78 is 34.0. The van der Waals surface area contributed by atoms with Crippen LogP contribution in [0.3, 0.4) is 0 Å². The van der Waals surface area contributed by atoms with Crippen LogP contribution in [0.15, 0.2) is 23.8 Å². The number of ether oxygens (including phenoxy) is 6. The summed E-state index contributed by atoms with van der Waals surface area (Å²) in [6, 6.07) is 0. The van der Waals surface area contributed by atoms with Crippen LogP contribution in [0, 0.1) is 29.6 Å². The minimum absolute atomic E-state index is 0.0267. The molecule has 2 heterocycles. The van der Waals surface area contributed by atoms with Crippen molar-refractivity contribution in [3.05, 3.63) is 23.8 Å². The van der Waals surface area contributed by atoms with Gasteiger partial charge in [-0.2, -0.15) is 0 Å². The molecule has 2 aliphatic heterocycles. The number of fused-ring (bicyclic) bond motifs is 1. The van der Waals surface area contributed by atoms with E-state index in [1.54, 1.807) is 0 Å². The van der Waals surface area contributed by atoms with Gasteiger partial charge in [-0.1, -0.05) is 73.9 Å². The van der Waals surface area contributed by atoms with Gasteiger partial charge in [0.1, 0.15) is 18.3 Å². The van der Waals surface area contributed by atoms with Crippen LogP contribution in [-0.4, -0.2) is 106 Å². The molecule has 2 amide bonds. The Morgan fingerprint density at radius 1 is 0.927 bits per heavy atom. The van der Waals surface area contributed by atoms with E-state index in [-0.39, 0.29) is 66.7 Å². The smallest absolute Gasteiger partial charge is 0.407 e. The quantitative estimate of drug-likeness (QED) is 0.0457. The van der Waals surface area contributed by atoms with Gasteiger partial charge in [0.2, 0.25) is 5.91 Å². The van der Waals surface area contributed by atoms with Crippen molar-refractivity contribution in [2.45, 2.75) is 122 Å². The van der Waals surface area contributed by atoms with Crippen molar-refractivity contribution in [1.29, 1.82) is 0 Å². The zero-order valence-electron chi connectivity index (χ0n) is 33.5. The first-order valence-corrected chi connectivity index (χ1v) is 23.0. The summed E-state index contributed by atoms with van der Waals surface area (Å²) in [5.74, 6) is 1.62. The van der Waals surface area contributed by atoms with Crippen molar-refractivity contribution in [3.8, 4) is 0 Å². The van der Waals surface area contributed by atoms with Gasteiger partial charge in [-0.15, -0.1) is 0 Å². The second-order valence-corrected chi connectivity index (χ2v) is 18.2. The zero-order chi connectivity index (χ0) is 39.4. The van der Waals surface area contributed by atoms with E-state index in [0.717, 1.165) is 37.4 Å².